The second-order valence-electron chi connectivity index (χ2n) is 4.06. The molecule has 2 aromatic rings. The monoisotopic (exact) mass is 348 g/mol. The molecule has 0 spiro atoms. The normalized spacial score (nSPS) is 10.6. The van der Waals surface area contributed by atoms with E-state index in [1.54, 1.807) is 30.3 Å². The molecule has 0 radical (unpaired) electrons. The lowest BCUT2D eigenvalue weighted by atomic mass is 9.97. The van der Waals surface area contributed by atoms with Gasteiger partial charge in [0.25, 0.3) is 0 Å². The minimum absolute atomic E-state index is 0.203. The molecule has 0 saturated heterocycles. The Balaban J connectivity index is 2.67. The van der Waals surface area contributed by atoms with Crippen molar-refractivity contribution in [3.63, 3.8) is 0 Å². The van der Waals surface area contributed by atoms with Gasteiger partial charge in [-0.25, -0.2) is 0 Å². The number of hydrogen-bond donors (Lipinski definition) is 1. The SMILES string of the molecule is O=C(O)Cc1c(Cl)cccc1-c1ccc(Cl)c(Cl)c1Cl. The average molecular weight is 350 g/mol. The zero-order valence-corrected chi connectivity index (χ0v) is 13.0. The number of rotatable bonds is 3. The van der Waals surface area contributed by atoms with Crippen LogP contribution in [0.25, 0.3) is 11.1 Å². The van der Waals surface area contributed by atoms with Crippen molar-refractivity contribution in [2.75, 3.05) is 0 Å². The Morgan fingerprint density at radius 2 is 1.60 bits per heavy atom. The van der Waals surface area contributed by atoms with Gasteiger partial charge >= 0.3 is 5.97 Å². The summed E-state index contributed by atoms with van der Waals surface area (Å²) in [5, 5.41) is 10.2. The molecule has 0 fully saturated rings. The van der Waals surface area contributed by atoms with Gasteiger partial charge in [-0.15, -0.1) is 0 Å². The van der Waals surface area contributed by atoms with Crippen LogP contribution in [0, 0.1) is 0 Å². The van der Waals surface area contributed by atoms with E-state index in [9.17, 15) is 4.79 Å². The number of carboxylic acid groups (broad SMARTS) is 1. The Bertz CT molecular complexity index is 683. The third-order valence-corrected chi connectivity index (χ3v) is 4.42. The van der Waals surface area contributed by atoms with Gasteiger partial charge < -0.3 is 5.11 Å². The lowest BCUT2D eigenvalue weighted by Crippen LogP contribution is -2.03. The van der Waals surface area contributed by atoms with E-state index in [-0.39, 0.29) is 16.5 Å². The maximum atomic E-state index is 11.0. The third kappa shape index (κ3) is 3.04. The summed E-state index contributed by atoms with van der Waals surface area (Å²) in [5.41, 5.74) is 1.71. The lowest BCUT2D eigenvalue weighted by Gasteiger charge is -2.13. The van der Waals surface area contributed by atoms with Crippen molar-refractivity contribution in [2.45, 2.75) is 6.42 Å². The zero-order chi connectivity index (χ0) is 14.9. The number of benzene rings is 2. The second-order valence-corrected chi connectivity index (χ2v) is 5.63. The molecule has 0 aliphatic carbocycles. The van der Waals surface area contributed by atoms with E-state index in [2.05, 4.69) is 0 Å². The van der Waals surface area contributed by atoms with Crippen molar-refractivity contribution >= 4 is 52.4 Å². The Morgan fingerprint density at radius 1 is 0.900 bits per heavy atom. The summed E-state index contributed by atoms with van der Waals surface area (Å²) in [7, 11) is 0. The molecule has 1 N–H and O–H groups in total. The van der Waals surface area contributed by atoms with Gasteiger partial charge in [0.15, 0.2) is 0 Å². The van der Waals surface area contributed by atoms with Crippen molar-refractivity contribution in [3.05, 3.63) is 56.0 Å². The highest BCUT2D eigenvalue weighted by atomic mass is 35.5. The van der Waals surface area contributed by atoms with Crippen LogP contribution in [0.1, 0.15) is 5.56 Å². The fourth-order valence-electron chi connectivity index (χ4n) is 1.88. The molecule has 2 nitrogen and oxygen atoms in total. The molecule has 0 aromatic heterocycles. The van der Waals surface area contributed by atoms with E-state index in [4.69, 9.17) is 51.5 Å². The van der Waals surface area contributed by atoms with Crippen LogP contribution >= 0.6 is 46.4 Å². The van der Waals surface area contributed by atoms with Gasteiger partial charge in [0.1, 0.15) is 0 Å². The molecular formula is C14H8Cl4O2. The molecule has 0 atom stereocenters. The molecule has 20 heavy (non-hydrogen) atoms. The van der Waals surface area contributed by atoms with Crippen LogP contribution in [-0.2, 0) is 11.2 Å². The van der Waals surface area contributed by atoms with Crippen LogP contribution in [-0.4, -0.2) is 11.1 Å². The standard InChI is InChI=1S/C14H8Cl4O2/c15-10-3-1-2-7(9(10)6-12(19)20)8-4-5-11(16)14(18)13(8)17/h1-5H,6H2,(H,19,20). The zero-order valence-electron chi connectivity index (χ0n) is 9.96. The van der Waals surface area contributed by atoms with E-state index in [0.717, 1.165) is 0 Å². The fourth-order valence-corrected chi connectivity index (χ4v) is 2.75. The Morgan fingerprint density at radius 3 is 2.25 bits per heavy atom. The highest BCUT2D eigenvalue weighted by Gasteiger charge is 2.16. The smallest absolute Gasteiger partial charge is 0.307 e. The van der Waals surface area contributed by atoms with Gasteiger partial charge in [-0.3, -0.25) is 4.79 Å². The van der Waals surface area contributed by atoms with Gasteiger partial charge in [0.05, 0.1) is 21.5 Å². The quantitative estimate of drug-likeness (QED) is 0.733. The molecule has 0 aliphatic heterocycles. The minimum Gasteiger partial charge on any atom is -0.481 e. The molecule has 0 bridgehead atoms. The number of aliphatic carboxylic acids is 1. The maximum Gasteiger partial charge on any atom is 0.307 e. The van der Waals surface area contributed by atoms with Crippen LogP contribution in [0.5, 0.6) is 0 Å². The summed E-state index contributed by atoms with van der Waals surface area (Å²) in [4.78, 5) is 11.0. The average Bonchev–Trinajstić information content (AvgIpc) is 2.39. The first-order chi connectivity index (χ1) is 9.41. The summed E-state index contributed by atoms with van der Waals surface area (Å²) < 4.78 is 0. The largest absolute Gasteiger partial charge is 0.481 e. The number of hydrogen-bond acceptors (Lipinski definition) is 1. The Hall–Kier alpha value is -0.930. The number of carboxylic acids is 1. The van der Waals surface area contributed by atoms with Crippen LogP contribution in [0.3, 0.4) is 0 Å². The van der Waals surface area contributed by atoms with E-state index in [0.29, 0.717) is 26.7 Å². The highest BCUT2D eigenvalue weighted by Crippen LogP contribution is 2.40. The molecule has 2 aromatic carbocycles. The lowest BCUT2D eigenvalue weighted by molar-refractivity contribution is -0.136. The Labute approximate surface area is 135 Å². The van der Waals surface area contributed by atoms with Crippen molar-refractivity contribution in [2.24, 2.45) is 0 Å². The predicted molar refractivity (Wildman–Crippen MR) is 83.3 cm³/mol. The molecule has 0 aliphatic rings. The molecule has 6 heteroatoms. The maximum absolute atomic E-state index is 11.0. The van der Waals surface area contributed by atoms with Gasteiger partial charge in [-0.05, 0) is 23.3 Å². The van der Waals surface area contributed by atoms with Crippen molar-refractivity contribution in [1.82, 2.24) is 0 Å². The topological polar surface area (TPSA) is 37.3 Å². The van der Waals surface area contributed by atoms with Crippen molar-refractivity contribution < 1.29 is 9.90 Å². The van der Waals surface area contributed by atoms with E-state index < -0.39 is 5.97 Å². The molecule has 0 unspecified atom stereocenters. The molecular weight excluding hydrogens is 342 g/mol. The Kier molecular flexibility index (Phi) is 4.82. The molecule has 0 saturated carbocycles. The second kappa shape index (κ2) is 6.23. The molecule has 2 rings (SSSR count). The molecule has 0 amide bonds. The number of carbonyl (C=O) groups is 1. The van der Waals surface area contributed by atoms with Crippen LogP contribution in [0.4, 0.5) is 0 Å². The van der Waals surface area contributed by atoms with Crippen molar-refractivity contribution in [3.8, 4) is 11.1 Å². The van der Waals surface area contributed by atoms with E-state index >= 15 is 0 Å². The third-order valence-electron chi connectivity index (χ3n) is 2.77. The van der Waals surface area contributed by atoms with E-state index in [1.807, 2.05) is 0 Å². The first kappa shape index (κ1) is 15.5. The summed E-state index contributed by atoms with van der Waals surface area (Å²) in [6.07, 6.45) is -0.203. The van der Waals surface area contributed by atoms with Gasteiger partial charge in [-0.1, -0.05) is 64.6 Å². The summed E-state index contributed by atoms with van der Waals surface area (Å²) in [6, 6.07) is 8.40. The van der Waals surface area contributed by atoms with E-state index in [1.165, 1.54) is 0 Å². The van der Waals surface area contributed by atoms with Gasteiger partial charge in [-0.2, -0.15) is 0 Å². The van der Waals surface area contributed by atoms with Gasteiger partial charge in [0.2, 0.25) is 0 Å². The summed E-state index contributed by atoms with van der Waals surface area (Å²) >= 11 is 24.2. The summed E-state index contributed by atoms with van der Waals surface area (Å²) in [6.45, 7) is 0. The van der Waals surface area contributed by atoms with Gasteiger partial charge in [0, 0.05) is 10.6 Å². The minimum atomic E-state index is -0.976. The molecule has 0 heterocycles. The molecule has 104 valence electrons. The van der Waals surface area contributed by atoms with Crippen LogP contribution in [0.2, 0.25) is 20.1 Å². The van der Waals surface area contributed by atoms with Crippen LogP contribution in [0.15, 0.2) is 30.3 Å². The first-order valence-corrected chi connectivity index (χ1v) is 7.06. The predicted octanol–water partition coefficient (Wildman–Crippen LogP) is 5.59. The van der Waals surface area contributed by atoms with Crippen LogP contribution < -0.4 is 0 Å². The summed E-state index contributed by atoms with van der Waals surface area (Å²) in [5.74, 6) is -0.976. The first-order valence-electron chi connectivity index (χ1n) is 5.55. The highest BCUT2D eigenvalue weighted by molar-refractivity contribution is 6.49. The fraction of sp³-hybridized carbons (Fsp3) is 0.0714. The number of halogens is 4. The van der Waals surface area contributed by atoms with Crippen molar-refractivity contribution in [1.29, 1.82) is 0 Å².